The maximum absolute atomic E-state index is 13.7. The molecule has 0 aromatic heterocycles. The lowest BCUT2D eigenvalue weighted by Crippen LogP contribution is -2.28. The van der Waals surface area contributed by atoms with Gasteiger partial charge in [0.05, 0.1) is 26.5 Å². The van der Waals surface area contributed by atoms with Gasteiger partial charge >= 0.3 is 0 Å². The Bertz CT molecular complexity index is 1520. The van der Waals surface area contributed by atoms with Gasteiger partial charge in [-0.1, -0.05) is 66.2 Å². The minimum absolute atomic E-state index is 0.117. The van der Waals surface area contributed by atoms with E-state index in [1.54, 1.807) is 4.90 Å². The summed E-state index contributed by atoms with van der Waals surface area (Å²) in [7, 11) is 0. The molecule has 0 radical (unpaired) electrons. The van der Waals surface area contributed by atoms with Gasteiger partial charge in [-0.05, 0) is 102 Å². The van der Waals surface area contributed by atoms with Crippen LogP contribution in [0.1, 0.15) is 23.6 Å². The lowest BCUT2D eigenvalue weighted by Gasteiger charge is -2.15. The van der Waals surface area contributed by atoms with Crippen LogP contribution in [0.5, 0.6) is 11.5 Å². The molecule has 0 unspecified atom stereocenters. The molecule has 5 nitrogen and oxygen atoms in total. The van der Waals surface area contributed by atoms with Crippen molar-refractivity contribution in [3.05, 3.63) is 122 Å². The van der Waals surface area contributed by atoms with E-state index in [9.17, 15) is 4.79 Å². The molecular weight excluding hydrogens is 619 g/mol. The van der Waals surface area contributed by atoms with Crippen molar-refractivity contribution in [3.63, 3.8) is 0 Å². The van der Waals surface area contributed by atoms with Gasteiger partial charge in [-0.3, -0.25) is 9.69 Å². The fourth-order valence-corrected chi connectivity index (χ4v) is 5.81. The second-order valence-corrected chi connectivity index (χ2v) is 11.0. The number of hydrogen-bond donors (Lipinski definition) is 0. The Morgan fingerprint density at radius 2 is 1.62 bits per heavy atom. The smallest absolute Gasteiger partial charge is 0.271 e. The van der Waals surface area contributed by atoms with Crippen LogP contribution in [0.3, 0.4) is 0 Å². The van der Waals surface area contributed by atoms with E-state index >= 15 is 0 Å². The highest BCUT2D eigenvalue weighted by atomic mass is 127. The van der Waals surface area contributed by atoms with Crippen LogP contribution in [0.4, 0.5) is 11.4 Å². The van der Waals surface area contributed by atoms with Crippen LogP contribution >= 0.6 is 34.4 Å². The van der Waals surface area contributed by atoms with Gasteiger partial charge in [0, 0.05) is 0 Å². The van der Waals surface area contributed by atoms with Gasteiger partial charge in [0.2, 0.25) is 0 Å². The summed E-state index contributed by atoms with van der Waals surface area (Å²) in [5.41, 5.74) is 4.72. The fourth-order valence-electron chi connectivity index (χ4n) is 4.03. The van der Waals surface area contributed by atoms with E-state index in [2.05, 4.69) is 53.8 Å². The molecule has 0 bridgehead atoms. The zero-order valence-electron chi connectivity index (χ0n) is 21.6. The fraction of sp³-hybridized carbons (Fsp3) is 0.125. The van der Waals surface area contributed by atoms with Crippen molar-refractivity contribution in [3.8, 4) is 11.5 Å². The first kappa shape index (κ1) is 27.0. The van der Waals surface area contributed by atoms with Crippen LogP contribution in [-0.2, 0) is 11.4 Å². The lowest BCUT2D eigenvalue weighted by molar-refractivity contribution is -0.113. The van der Waals surface area contributed by atoms with Gasteiger partial charge in [-0.25, -0.2) is 4.99 Å². The number of carbonyl (C=O) groups is 1. The number of nitrogens with zero attached hydrogens (tertiary/aromatic N) is 2. The van der Waals surface area contributed by atoms with Gasteiger partial charge in [-0.2, -0.15) is 0 Å². The molecule has 0 saturated carbocycles. The zero-order chi connectivity index (χ0) is 27.2. The van der Waals surface area contributed by atoms with E-state index in [-0.39, 0.29) is 5.91 Å². The molecule has 196 valence electrons. The summed E-state index contributed by atoms with van der Waals surface area (Å²) in [6.45, 7) is 4.95. The number of carbonyl (C=O) groups excluding carboxylic acids is 1. The van der Waals surface area contributed by atoms with Gasteiger partial charge in [0.15, 0.2) is 16.7 Å². The predicted octanol–water partition coefficient (Wildman–Crippen LogP) is 8.39. The SMILES string of the molecule is CCOc1cc(/C=C2\SC(=Nc3ccccc3)N(c3ccccc3)C2=O)cc(I)c1OCc1ccc(C)cc1. The predicted molar refractivity (Wildman–Crippen MR) is 169 cm³/mol. The zero-order valence-corrected chi connectivity index (χ0v) is 24.6. The average Bonchev–Trinajstić information content (AvgIpc) is 3.24. The average molecular weight is 647 g/mol. The summed E-state index contributed by atoms with van der Waals surface area (Å²) in [4.78, 5) is 20.7. The Balaban J connectivity index is 1.47. The third kappa shape index (κ3) is 6.54. The van der Waals surface area contributed by atoms with Crippen molar-refractivity contribution in [1.82, 2.24) is 0 Å². The van der Waals surface area contributed by atoms with Gasteiger partial charge < -0.3 is 9.47 Å². The molecule has 4 aromatic rings. The number of halogens is 1. The molecule has 4 aromatic carbocycles. The van der Waals surface area contributed by atoms with Crippen molar-refractivity contribution in [2.75, 3.05) is 11.5 Å². The van der Waals surface area contributed by atoms with E-state index in [0.29, 0.717) is 34.8 Å². The van der Waals surface area contributed by atoms with Crippen molar-refractivity contribution in [1.29, 1.82) is 0 Å². The Hall–Kier alpha value is -3.56. The number of amidine groups is 1. The van der Waals surface area contributed by atoms with Gasteiger partial charge in [0.25, 0.3) is 5.91 Å². The minimum atomic E-state index is -0.117. The van der Waals surface area contributed by atoms with Crippen LogP contribution in [0.15, 0.2) is 107 Å². The summed E-state index contributed by atoms with van der Waals surface area (Å²) in [6.07, 6.45) is 1.89. The summed E-state index contributed by atoms with van der Waals surface area (Å²) < 4.78 is 13.1. The first-order chi connectivity index (χ1) is 19.0. The summed E-state index contributed by atoms with van der Waals surface area (Å²) in [6, 6.07) is 31.5. The highest BCUT2D eigenvalue weighted by molar-refractivity contribution is 14.1. The second-order valence-electron chi connectivity index (χ2n) is 8.85. The van der Waals surface area contributed by atoms with Gasteiger partial charge in [0.1, 0.15) is 6.61 Å². The van der Waals surface area contributed by atoms with E-state index in [1.807, 2.05) is 85.8 Å². The molecule has 39 heavy (non-hydrogen) atoms. The number of hydrogen-bond acceptors (Lipinski definition) is 5. The van der Waals surface area contributed by atoms with Crippen LogP contribution < -0.4 is 14.4 Å². The maximum atomic E-state index is 13.7. The number of anilines is 1. The second kappa shape index (κ2) is 12.5. The maximum Gasteiger partial charge on any atom is 0.271 e. The monoisotopic (exact) mass is 646 g/mol. The highest BCUT2D eigenvalue weighted by Gasteiger charge is 2.34. The summed E-state index contributed by atoms with van der Waals surface area (Å²) in [5.74, 6) is 1.23. The Labute approximate surface area is 246 Å². The molecule has 0 N–H and O–H groups in total. The van der Waals surface area contributed by atoms with Crippen LogP contribution in [0.2, 0.25) is 0 Å². The normalized spacial score (nSPS) is 15.3. The quantitative estimate of drug-likeness (QED) is 0.143. The molecule has 1 aliphatic rings. The molecule has 5 rings (SSSR count). The molecule has 1 amide bonds. The third-order valence-electron chi connectivity index (χ3n) is 5.93. The standard InChI is InChI=1S/C32H27IN2O3S/c1-3-37-28-19-24(18-27(33)30(28)38-21-23-16-14-22(2)15-17-23)20-29-31(36)35(26-12-8-5-9-13-26)32(39-29)34-25-10-6-4-7-11-25/h4-20H,3,21H2,1-2H3/b29-20-,34-32?. The molecule has 7 heteroatoms. The Morgan fingerprint density at radius 3 is 2.31 bits per heavy atom. The number of benzene rings is 4. The van der Waals surface area contributed by atoms with Crippen molar-refractivity contribution in [2.45, 2.75) is 20.5 Å². The Kier molecular flexibility index (Phi) is 8.68. The molecule has 1 fully saturated rings. The first-order valence-corrected chi connectivity index (χ1v) is 14.5. The molecule has 1 heterocycles. The third-order valence-corrected chi connectivity index (χ3v) is 7.71. The number of rotatable bonds is 8. The van der Waals surface area contributed by atoms with E-state index < -0.39 is 0 Å². The number of ether oxygens (including phenoxy) is 2. The molecular formula is C32H27IN2O3S. The van der Waals surface area contributed by atoms with E-state index in [4.69, 9.17) is 14.5 Å². The van der Waals surface area contributed by atoms with Crippen LogP contribution in [0, 0.1) is 10.5 Å². The number of aliphatic imine (C=N–C) groups is 1. The first-order valence-electron chi connectivity index (χ1n) is 12.6. The minimum Gasteiger partial charge on any atom is -0.490 e. The molecule has 0 aliphatic carbocycles. The molecule has 1 saturated heterocycles. The molecule has 0 atom stereocenters. The summed E-state index contributed by atoms with van der Waals surface area (Å²) in [5, 5.41) is 0.612. The topological polar surface area (TPSA) is 51.1 Å². The number of thioether (sulfide) groups is 1. The lowest BCUT2D eigenvalue weighted by atomic mass is 10.1. The van der Waals surface area contributed by atoms with E-state index in [0.717, 1.165) is 26.1 Å². The van der Waals surface area contributed by atoms with Gasteiger partial charge in [-0.15, -0.1) is 0 Å². The van der Waals surface area contributed by atoms with Crippen molar-refractivity contribution in [2.24, 2.45) is 4.99 Å². The highest BCUT2D eigenvalue weighted by Crippen LogP contribution is 2.40. The summed E-state index contributed by atoms with van der Waals surface area (Å²) >= 11 is 3.63. The Morgan fingerprint density at radius 1 is 0.923 bits per heavy atom. The van der Waals surface area contributed by atoms with Crippen LogP contribution in [0.25, 0.3) is 6.08 Å². The van der Waals surface area contributed by atoms with Crippen molar-refractivity contribution >= 4 is 62.9 Å². The number of aryl methyl sites for hydroxylation is 1. The van der Waals surface area contributed by atoms with E-state index in [1.165, 1.54) is 17.3 Å². The number of amides is 1. The molecule has 0 spiro atoms. The van der Waals surface area contributed by atoms with Crippen LogP contribution in [-0.4, -0.2) is 17.7 Å². The molecule has 1 aliphatic heterocycles. The number of para-hydroxylation sites is 2. The van der Waals surface area contributed by atoms with Crippen molar-refractivity contribution < 1.29 is 14.3 Å². The largest absolute Gasteiger partial charge is 0.490 e.